The number of hydrogen-bond donors (Lipinski definition) is 5. The van der Waals surface area contributed by atoms with E-state index >= 15 is 0 Å². The van der Waals surface area contributed by atoms with Gasteiger partial charge in [-0.1, -0.05) is 115 Å². The van der Waals surface area contributed by atoms with Gasteiger partial charge in [0.1, 0.15) is 0 Å². The van der Waals surface area contributed by atoms with Crippen LogP contribution in [0.1, 0.15) is 142 Å². The second-order valence-corrected chi connectivity index (χ2v) is 13.0. The van der Waals surface area contributed by atoms with Crippen molar-refractivity contribution in [1.29, 1.82) is 0 Å². The first-order valence-corrected chi connectivity index (χ1v) is 18.5. The molecule has 0 spiro atoms. The van der Waals surface area contributed by atoms with E-state index in [-0.39, 0.29) is 19.6 Å². The minimum Gasteiger partial charge on any atom is -0.393 e. The molecular weight excluding hydrogens is 567 g/mol. The van der Waals surface area contributed by atoms with Crippen LogP contribution < -0.4 is 11.1 Å². The second kappa shape index (κ2) is 29.6. The Bertz CT molecular complexity index is 751. The van der Waals surface area contributed by atoms with Crippen LogP contribution in [0.2, 0.25) is 0 Å². The third-order valence-electron chi connectivity index (χ3n) is 7.33. The lowest BCUT2D eigenvalue weighted by atomic mass is 10.1. The van der Waals surface area contributed by atoms with Gasteiger partial charge in [0.05, 0.1) is 37.9 Å². The minimum atomic E-state index is -4.39. The highest BCUT2D eigenvalue weighted by Gasteiger charge is 2.27. The molecule has 6 N–H and O–H groups in total. The number of carbonyl (C=O) groups excluding carboxylic acids is 1. The number of hydrogen-bond acceptors (Lipinski definition) is 7. The lowest BCUT2D eigenvalue weighted by Crippen LogP contribution is -2.46. The monoisotopic (exact) mass is 632 g/mol. The zero-order chi connectivity index (χ0) is 32.0. The number of aliphatic hydroxyl groups excluding tert-OH is 2. The van der Waals surface area contributed by atoms with Crippen LogP contribution in [0.3, 0.4) is 0 Å². The lowest BCUT2D eigenvalue weighted by Gasteiger charge is -2.24. The van der Waals surface area contributed by atoms with Crippen LogP contribution in [0.5, 0.6) is 0 Å². The standard InChI is InChI=1S/C33H65N2O7P/c1-3-5-7-9-11-13-15-16-18-20-22-24-30(36)28-33(38)35-31(29-42-43(39,40)41-27-26-34)32(37)25-23-21-19-17-14-12-10-8-6-4-2/h16,18,23,25,30-32,36-37H,3-15,17,19-22,24,26-29,34H2,1-2H3,(H,35,38)(H,39,40)/b18-16-,25-23+. The number of nitrogens with two attached hydrogens (primary N) is 1. The van der Waals surface area contributed by atoms with E-state index in [1.54, 1.807) is 6.08 Å². The molecule has 0 saturated carbocycles. The van der Waals surface area contributed by atoms with E-state index in [1.807, 2.05) is 6.08 Å². The fraction of sp³-hybridized carbons (Fsp3) is 0.848. The molecule has 0 saturated heterocycles. The van der Waals surface area contributed by atoms with Crippen molar-refractivity contribution in [3.05, 3.63) is 24.3 Å². The normalized spacial score (nSPS) is 15.6. The molecule has 0 aromatic rings. The summed E-state index contributed by atoms with van der Waals surface area (Å²) in [4.78, 5) is 22.5. The molecule has 0 aliphatic heterocycles. The molecule has 0 radical (unpaired) electrons. The van der Waals surface area contributed by atoms with Crippen molar-refractivity contribution in [2.45, 2.75) is 161 Å². The summed E-state index contributed by atoms with van der Waals surface area (Å²) in [6.45, 7) is 3.88. The van der Waals surface area contributed by atoms with E-state index in [0.29, 0.717) is 6.42 Å². The van der Waals surface area contributed by atoms with Crippen LogP contribution in [0, 0.1) is 0 Å². The van der Waals surface area contributed by atoms with Gasteiger partial charge < -0.3 is 26.2 Å². The molecule has 4 unspecified atom stereocenters. The van der Waals surface area contributed by atoms with Crippen LogP contribution in [0.4, 0.5) is 0 Å². The van der Waals surface area contributed by atoms with E-state index < -0.39 is 38.6 Å². The molecule has 10 heteroatoms. The molecule has 0 aromatic heterocycles. The highest BCUT2D eigenvalue weighted by molar-refractivity contribution is 7.47. The van der Waals surface area contributed by atoms with Crippen LogP contribution in [0.15, 0.2) is 24.3 Å². The number of aliphatic hydroxyl groups is 2. The molecule has 9 nitrogen and oxygen atoms in total. The number of allylic oxidation sites excluding steroid dienone is 3. The van der Waals surface area contributed by atoms with E-state index in [9.17, 15) is 24.5 Å². The van der Waals surface area contributed by atoms with Crippen molar-refractivity contribution in [3.63, 3.8) is 0 Å². The predicted octanol–water partition coefficient (Wildman–Crippen LogP) is 7.24. The van der Waals surface area contributed by atoms with Gasteiger partial charge in [-0.25, -0.2) is 4.57 Å². The molecule has 0 aliphatic carbocycles. The maximum absolute atomic E-state index is 12.7. The molecule has 254 valence electrons. The summed E-state index contributed by atoms with van der Waals surface area (Å²) in [5.74, 6) is -0.467. The Hall–Kier alpha value is -1.06. The molecule has 0 fully saturated rings. The quantitative estimate of drug-likeness (QED) is 0.0305. The number of carbonyl (C=O) groups is 1. The zero-order valence-electron chi connectivity index (χ0n) is 27.3. The SMILES string of the molecule is CCCCCCCC/C=C\CCCC(O)CC(=O)NC(COP(=O)(O)OCCN)C(O)/C=C/CCCCCCCCCC. The topological polar surface area (TPSA) is 151 Å². The maximum Gasteiger partial charge on any atom is 0.472 e. The summed E-state index contributed by atoms with van der Waals surface area (Å²) in [5, 5.41) is 23.7. The smallest absolute Gasteiger partial charge is 0.393 e. The number of rotatable bonds is 31. The van der Waals surface area contributed by atoms with Gasteiger partial charge in [-0.15, -0.1) is 0 Å². The number of amides is 1. The average molecular weight is 633 g/mol. The Kier molecular flexibility index (Phi) is 28.9. The summed E-state index contributed by atoms with van der Waals surface area (Å²) >= 11 is 0. The summed E-state index contributed by atoms with van der Waals surface area (Å²) in [6.07, 6.45) is 27.0. The number of phosphoric ester groups is 1. The van der Waals surface area contributed by atoms with Gasteiger partial charge in [-0.3, -0.25) is 13.8 Å². The summed E-state index contributed by atoms with van der Waals surface area (Å²) in [7, 11) is -4.39. The Balaban J connectivity index is 4.57. The molecule has 0 aliphatic rings. The second-order valence-electron chi connectivity index (χ2n) is 11.6. The lowest BCUT2D eigenvalue weighted by molar-refractivity contribution is -0.124. The van der Waals surface area contributed by atoms with Crippen molar-refractivity contribution in [2.75, 3.05) is 19.8 Å². The largest absolute Gasteiger partial charge is 0.472 e. The Morgan fingerprint density at radius 1 is 0.791 bits per heavy atom. The first-order chi connectivity index (χ1) is 20.8. The van der Waals surface area contributed by atoms with Crippen molar-refractivity contribution in [3.8, 4) is 0 Å². The van der Waals surface area contributed by atoms with Gasteiger partial charge >= 0.3 is 7.82 Å². The van der Waals surface area contributed by atoms with Crippen LogP contribution in [0.25, 0.3) is 0 Å². The van der Waals surface area contributed by atoms with E-state index in [0.717, 1.165) is 38.5 Å². The third-order valence-corrected chi connectivity index (χ3v) is 8.31. The summed E-state index contributed by atoms with van der Waals surface area (Å²) < 4.78 is 21.9. The Morgan fingerprint density at radius 3 is 1.86 bits per heavy atom. The molecule has 0 heterocycles. The van der Waals surface area contributed by atoms with Gasteiger partial charge in [0, 0.05) is 6.54 Å². The van der Waals surface area contributed by atoms with Crippen LogP contribution in [-0.4, -0.2) is 59.0 Å². The van der Waals surface area contributed by atoms with Crippen molar-refractivity contribution in [2.24, 2.45) is 5.73 Å². The molecule has 0 rings (SSSR count). The van der Waals surface area contributed by atoms with Crippen LogP contribution in [-0.2, 0) is 18.4 Å². The van der Waals surface area contributed by atoms with Gasteiger partial charge in [0.15, 0.2) is 0 Å². The predicted molar refractivity (Wildman–Crippen MR) is 177 cm³/mol. The van der Waals surface area contributed by atoms with Gasteiger partial charge in [0.2, 0.25) is 5.91 Å². The molecule has 0 aromatic carbocycles. The van der Waals surface area contributed by atoms with Crippen molar-refractivity contribution >= 4 is 13.7 Å². The molecular formula is C33H65N2O7P. The molecule has 0 bridgehead atoms. The van der Waals surface area contributed by atoms with E-state index in [2.05, 4.69) is 31.3 Å². The van der Waals surface area contributed by atoms with Crippen molar-refractivity contribution < 1.29 is 33.5 Å². The highest BCUT2D eigenvalue weighted by Crippen LogP contribution is 2.43. The molecule has 4 atom stereocenters. The average Bonchev–Trinajstić information content (AvgIpc) is 2.97. The number of phosphoric acid groups is 1. The van der Waals surface area contributed by atoms with Gasteiger partial charge in [-0.05, 0) is 44.9 Å². The van der Waals surface area contributed by atoms with E-state index in [4.69, 9.17) is 14.8 Å². The minimum absolute atomic E-state index is 0.0466. The first kappa shape index (κ1) is 41.9. The van der Waals surface area contributed by atoms with E-state index in [1.165, 1.54) is 77.0 Å². The molecule has 43 heavy (non-hydrogen) atoms. The fourth-order valence-electron chi connectivity index (χ4n) is 4.70. The summed E-state index contributed by atoms with van der Waals surface area (Å²) in [6, 6.07) is -0.985. The Labute approximate surface area is 262 Å². The number of nitrogens with one attached hydrogen (secondary N) is 1. The Morgan fingerprint density at radius 2 is 1.30 bits per heavy atom. The van der Waals surface area contributed by atoms with Crippen LogP contribution >= 0.6 is 7.82 Å². The highest BCUT2D eigenvalue weighted by atomic mass is 31.2. The van der Waals surface area contributed by atoms with Crippen molar-refractivity contribution in [1.82, 2.24) is 5.32 Å². The zero-order valence-corrected chi connectivity index (χ0v) is 28.2. The maximum atomic E-state index is 12.7. The van der Waals surface area contributed by atoms with Gasteiger partial charge in [0.25, 0.3) is 0 Å². The van der Waals surface area contributed by atoms with Gasteiger partial charge in [-0.2, -0.15) is 0 Å². The first-order valence-electron chi connectivity index (χ1n) is 17.0. The molecule has 1 amide bonds. The fourth-order valence-corrected chi connectivity index (χ4v) is 5.46. The summed E-state index contributed by atoms with van der Waals surface area (Å²) in [5.41, 5.74) is 5.32. The third kappa shape index (κ3) is 28.2. The number of unbranched alkanes of at least 4 members (excludes halogenated alkanes) is 15.